The molecule has 0 spiro atoms. The van der Waals surface area contributed by atoms with Crippen molar-refractivity contribution in [1.29, 1.82) is 0 Å². The fourth-order valence-electron chi connectivity index (χ4n) is 2.80. The number of carbonyl (C=O) groups excluding carboxylic acids is 2. The summed E-state index contributed by atoms with van der Waals surface area (Å²) in [6, 6.07) is 18.8. The van der Waals surface area contributed by atoms with Crippen molar-refractivity contribution in [2.24, 2.45) is 0 Å². The molecule has 0 unspecified atom stereocenters. The minimum Gasteiger partial charge on any atom is -0.483 e. The third-order valence-electron chi connectivity index (χ3n) is 4.08. The number of benzene rings is 3. The highest BCUT2D eigenvalue weighted by Gasteiger charge is 2.11. The molecule has 4 nitrogen and oxygen atoms in total. The number of ether oxygens (including phenoxy) is 1. The van der Waals surface area contributed by atoms with Gasteiger partial charge >= 0.3 is 0 Å². The lowest BCUT2D eigenvalue weighted by atomic mass is 10.0. The van der Waals surface area contributed by atoms with Gasteiger partial charge in [0.25, 0.3) is 5.91 Å². The number of fused-ring (bicyclic) bond motifs is 1. The van der Waals surface area contributed by atoms with Crippen molar-refractivity contribution < 1.29 is 14.3 Å². The number of amides is 1. The summed E-state index contributed by atoms with van der Waals surface area (Å²) in [7, 11) is 0. The van der Waals surface area contributed by atoms with Crippen LogP contribution in [-0.4, -0.2) is 18.8 Å². The maximum absolute atomic E-state index is 12.2. The highest BCUT2D eigenvalue weighted by Crippen LogP contribution is 2.26. The van der Waals surface area contributed by atoms with Gasteiger partial charge in [0.15, 0.2) is 12.9 Å². The average molecular weight is 333 g/mol. The Labute approximate surface area is 146 Å². The number of hydrogen-bond donors (Lipinski definition) is 1. The Morgan fingerprint density at radius 1 is 1.04 bits per heavy atom. The summed E-state index contributed by atoms with van der Waals surface area (Å²) in [5.41, 5.74) is 2.31. The number of nitrogens with one attached hydrogen (secondary N) is 1. The third kappa shape index (κ3) is 3.69. The zero-order chi connectivity index (χ0) is 17.6. The van der Waals surface area contributed by atoms with Gasteiger partial charge in [-0.25, -0.2) is 0 Å². The molecule has 4 heteroatoms. The van der Waals surface area contributed by atoms with Crippen LogP contribution in [0.2, 0.25) is 0 Å². The number of aryl methyl sites for hydroxylation is 1. The maximum Gasteiger partial charge on any atom is 0.262 e. The minimum absolute atomic E-state index is 0.156. The first-order valence-corrected chi connectivity index (χ1v) is 8.20. The van der Waals surface area contributed by atoms with E-state index in [0.29, 0.717) is 11.3 Å². The molecular formula is C21H19NO3. The van der Waals surface area contributed by atoms with Gasteiger partial charge in [0.2, 0.25) is 0 Å². The number of aldehydes is 1. The second-order valence-corrected chi connectivity index (χ2v) is 5.66. The smallest absolute Gasteiger partial charge is 0.262 e. The van der Waals surface area contributed by atoms with E-state index in [2.05, 4.69) is 5.32 Å². The lowest BCUT2D eigenvalue weighted by Gasteiger charge is -2.12. The van der Waals surface area contributed by atoms with Crippen molar-refractivity contribution in [3.05, 3.63) is 71.8 Å². The Kier molecular flexibility index (Phi) is 5.09. The van der Waals surface area contributed by atoms with Crippen LogP contribution in [-0.2, 0) is 11.2 Å². The van der Waals surface area contributed by atoms with Crippen LogP contribution in [0.1, 0.15) is 22.8 Å². The predicted octanol–water partition coefficient (Wildman–Crippen LogP) is 4.23. The molecule has 0 aromatic heterocycles. The number of carbonyl (C=O) groups is 2. The van der Waals surface area contributed by atoms with Gasteiger partial charge in [0.05, 0.1) is 5.56 Å². The van der Waals surface area contributed by atoms with E-state index in [4.69, 9.17) is 4.74 Å². The van der Waals surface area contributed by atoms with E-state index >= 15 is 0 Å². The first-order chi connectivity index (χ1) is 12.2. The molecule has 0 heterocycles. The fourth-order valence-corrected chi connectivity index (χ4v) is 2.80. The summed E-state index contributed by atoms with van der Waals surface area (Å²) in [4.78, 5) is 23.7. The lowest BCUT2D eigenvalue weighted by Crippen LogP contribution is -2.21. The molecule has 0 atom stereocenters. The zero-order valence-corrected chi connectivity index (χ0v) is 14.0. The fraction of sp³-hybridized carbons (Fsp3) is 0.143. The Morgan fingerprint density at radius 3 is 2.60 bits per heavy atom. The summed E-state index contributed by atoms with van der Waals surface area (Å²) in [5.74, 6) is 0.151. The SMILES string of the molecule is CCc1ccccc1NC(=O)COc1ccc2ccccc2c1C=O. The van der Waals surface area contributed by atoms with E-state index in [9.17, 15) is 9.59 Å². The van der Waals surface area contributed by atoms with Gasteiger partial charge in [-0.2, -0.15) is 0 Å². The van der Waals surface area contributed by atoms with E-state index in [1.54, 1.807) is 6.07 Å². The van der Waals surface area contributed by atoms with Crippen LogP contribution in [0.15, 0.2) is 60.7 Å². The molecular weight excluding hydrogens is 314 g/mol. The van der Waals surface area contributed by atoms with E-state index < -0.39 is 0 Å². The van der Waals surface area contributed by atoms with Gasteiger partial charge in [-0.15, -0.1) is 0 Å². The highest BCUT2D eigenvalue weighted by molar-refractivity contribution is 6.01. The van der Waals surface area contributed by atoms with Crippen LogP contribution >= 0.6 is 0 Å². The number of para-hydroxylation sites is 1. The topological polar surface area (TPSA) is 55.4 Å². The van der Waals surface area contributed by atoms with Gasteiger partial charge in [0, 0.05) is 5.69 Å². The Balaban J connectivity index is 1.74. The van der Waals surface area contributed by atoms with Gasteiger partial charge in [-0.05, 0) is 34.9 Å². The zero-order valence-electron chi connectivity index (χ0n) is 14.0. The third-order valence-corrected chi connectivity index (χ3v) is 4.08. The van der Waals surface area contributed by atoms with Gasteiger partial charge in [0.1, 0.15) is 5.75 Å². The number of rotatable bonds is 6. The molecule has 0 aliphatic heterocycles. The van der Waals surface area contributed by atoms with Crippen molar-refractivity contribution in [2.45, 2.75) is 13.3 Å². The second-order valence-electron chi connectivity index (χ2n) is 5.66. The standard InChI is InChI=1S/C21H19NO3/c1-2-15-7-4-6-10-19(15)22-21(24)14-25-20-12-11-16-8-3-5-9-17(16)18(20)13-23/h3-13H,2,14H2,1H3,(H,22,24). The molecule has 0 bridgehead atoms. The minimum atomic E-state index is -0.258. The number of anilines is 1. The van der Waals surface area contributed by atoms with E-state index in [-0.39, 0.29) is 12.5 Å². The molecule has 25 heavy (non-hydrogen) atoms. The van der Waals surface area contributed by atoms with Crippen LogP contribution in [0, 0.1) is 0 Å². The molecule has 3 rings (SSSR count). The van der Waals surface area contributed by atoms with Crippen LogP contribution in [0.4, 0.5) is 5.69 Å². The van der Waals surface area contributed by atoms with Gasteiger partial charge in [-0.3, -0.25) is 9.59 Å². The molecule has 0 saturated heterocycles. The molecule has 1 N–H and O–H groups in total. The van der Waals surface area contributed by atoms with Crippen LogP contribution < -0.4 is 10.1 Å². The largest absolute Gasteiger partial charge is 0.483 e. The van der Waals surface area contributed by atoms with Crippen molar-refractivity contribution in [1.82, 2.24) is 0 Å². The highest BCUT2D eigenvalue weighted by atomic mass is 16.5. The quantitative estimate of drug-likeness (QED) is 0.687. The molecule has 126 valence electrons. The van der Waals surface area contributed by atoms with Crippen molar-refractivity contribution >= 4 is 28.7 Å². The average Bonchev–Trinajstić information content (AvgIpc) is 2.66. The van der Waals surface area contributed by atoms with Gasteiger partial charge in [-0.1, -0.05) is 55.5 Å². The lowest BCUT2D eigenvalue weighted by molar-refractivity contribution is -0.118. The Morgan fingerprint density at radius 2 is 1.80 bits per heavy atom. The molecule has 1 amide bonds. The molecule has 0 aliphatic rings. The molecule has 0 aliphatic carbocycles. The van der Waals surface area contributed by atoms with Crippen LogP contribution in [0.25, 0.3) is 10.8 Å². The Bertz CT molecular complexity index is 918. The normalized spacial score (nSPS) is 10.4. The summed E-state index contributed by atoms with van der Waals surface area (Å²) < 4.78 is 5.60. The first-order valence-electron chi connectivity index (χ1n) is 8.20. The Hall–Kier alpha value is -3.14. The summed E-state index contributed by atoms with van der Waals surface area (Å²) in [6.45, 7) is 1.88. The van der Waals surface area contributed by atoms with E-state index in [1.807, 2.05) is 61.5 Å². The summed E-state index contributed by atoms with van der Waals surface area (Å²) in [5, 5.41) is 4.62. The van der Waals surface area contributed by atoms with Crippen LogP contribution in [0.3, 0.4) is 0 Å². The number of hydrogen-bond acceptors (Lipinski definition) is 3. The van der Waals surface area contributed by atoms with Crippen LogP contribution in [0.5, 0.6) is 5.75 Å². The van der Waals surface area contributed by atoms with Crippen molar-refractivity contribution in [3.8, 4) is 5.75 Å². The van der Waals surface area contributed by atoms with E-state index in [0.717, 1.165) is 34.7 Å². The predicted molar refractivity (Wildman–Crippen MR) is 99.3 cm³/mol. The molecule has 0 saturated carbocycles. The summed E-state index contributed by atoms with van der Waals surface area (Å²) >= 11 is 0. The molecule has 0 radical (unpaired) electrons. The first kappa shape index (κ1) is 16.7. The summed E-state index contributed by atoms with van der Waals surface area (Å²) in [6.07, 6.45) is 1.60. The maximum atomic E-state index is 12.2. The van der Waals surface area contributed by atoms with E-state index in [1.165, 1.54) is 0 Å². The molecule has 0 fully saturated rings. The van der Waals surface area contributed by atoms with Crippen molar-refractivity contribution in [2.75, 3.05) is 11.9 Å². The molecule has 3 aromatic carbocycles. The second kappa shape index (κ2) is 7.62. The monoisotopic (exact) mass is 333 g/mol. The van der Waals surface area contributed by atoms with Gasteiger partial charge < -0.3 is 10.1 Å². The molecule has 3 aromatic rings. The van der Waals surface area contributed by atoms with Crippen molar-refractivity contribution in [3.63, 3.8) is 0 Å².